The number of carbonyl (C=O) groups excluding carboxylic acids is 2. The summed E-state index contributed by atoms with van der Waals surface area (Å²) >= 11 is 13.6. The van der Waals surface area contributed by atoms with Crippen molar-refractivity contribution in [1.29, 1.82) is 0 Å². The Hall–Kier alpha value is -1.69. The maximum Gasteiger partial charge on any atom is 0.243 e. The van der Waals surface area contributed by atoms with Crippen molar-refractivity contribution in [3.05, 3.63) is 69.7 Å². The van der Waals surface area contributed by atoms with Crippen molar-refractivity contribution >= 4 is 46.8 Å². The molecule has 0 aliphatic rings. The maximum atomic E-state index is 13.2. The third-order valence-corrected chi connectivity index (χ3v) is 6.51. The van der Waals surface area contributed by atoms with Crippen LogP contribution < -0.4 is 5.32 Å². The zero-order chi connectivity index (χ0) is 22.8. The van der Waals surface area contributed by atoms with Gasteiger partial charge in [0.1, 0.15) is 6.04 Å². The van der Waals surface area contributed by atoms with Crippen LogP contribution in [0, 0.1) is 0 Å². The van der Waals surface area contributed by atoms with Crippen LogP contribution in [0.4, 0.5) is 0 Å². The Bertz CT molecular complexity index is 861. The minimum atomic E-state index is -0.524. The van der Waals surface area contributed by atoms with Crippen molar-refractivity contribution in [1.82, 2.24) is 10.2 Å². The van der Waals surface area contributed by atoms with E-state index in [9.17, 15) is 9.59 Å². The molecule has 0 saturated heterocycles. The zero-order valence-electron chi connectivity index (χ0n) is 18.2. The van der Waals surface area contributed by atoms with Crippen LogP contribution in [0.2, 0.25) is 10.0 Å². The first-order chi connectivity index (χ1) is 14.8. The van der Waals surface area contributed by atoms with E-state index in [1.165, 1.54) is 11.8 Å². The fraction of sp³-hybridized carbons (Fsp3) is 0.417. The molecular formula is C24H30Cl2N2O2S. The molecule has 7 heteroatoms. The first kappa shape index (κ1) is 25.6. The summed E-state index contributed by atoms with van der Waals surface area (Å²) in [6, 6.07) is 14.5. The molecule has 0 unspecified atom stereocenters. The Morgan fingerprint density at radius 2 is 1.71 bits per heavy atom. The number of halogens is 2. The topological polar surface area (TPSA) is 49.4 Å². The zero-order valence-corrected chi connectivity index (χ0v) is 20.6. The number of hydrogen-bond acceptors (Lipinski definition) is 3. The number of thioether (sulfide) groups is 1. The predicted molar refractivity (Wildman–Crippen MR) is 132 cm³/mol. The number of nitrogens with one attached hydrogen (secondary N) is 1. The minimum Gasteiger partial charge on any atom is -0.352 e. The van der Waals surface area contributed by atoms with Crippen LogP contribution in [0.5, 0.6) is 0 Å². The Morgan fingerprint density at radius 3 is 2.32 bits per heavy atom. The number of benzene rings is 2. The van der Waals surface area contributed by atoms with Crippen LogP contribution in [0.1, 0.15) is 44.7 Å². The summed E-state index contributed by atoms with van der Waals surface area (Å²) in [6.07, 6.45) is 1.38. The van der Waals surface area contributed by atoms with Gasteiger partial charge in [-0.2, -0.15) is 0 Å². The van der Waals surface area contributed by atoms with Crippen molar-refractivity contribution in [2.45, 2.75) is 58.0 Å². The lowest BCUT2D eigenvalue weighted by Crippen LogP contribution is -2.51. The van der Waals surface area contributed by atoms with Crippen molar-refractivity contribution < 1.29 is 9.59 Å². The van der Waals surface area contributed by atoms with Gasteiger partial charge in [-0.25, -0.2) is 0 Å². The molecule has 0 fully saturated rings. The van der Waals surface area contributed by atoms with E-state index in [2.05, 4.69) is 5.32 Å². The number of hydrogen-bond donors (Lipinski definition) is 1. The Labute approximate surface area is 199 Å². The standard InChI is InChI=1S/C24H30Cl2N2O2S/c1-4-17(3)27-24(30)22(5-2)28(14-18-9-11-20(25)12-10-18)23(29)16-31-15-19-7-6-8-21(26)13-19/h6-13,17,22H,4-5,14-16H2,1-3H3,(H,27,30)/t17-,22-/m1/s1. The van der Waals surface area contributed by atoms with Gasteiger partial charge in [0.2, 0.25) is 11.8 Å². The molecule has 2 rings (SSSR count). The Kier molecular flexibility index (Phi) is 10.7. The van der Waals surface area contributed by atoms with E-state index >= 15 is 0 Å². The number of carbonyl (C=O) groups is 2. The van der Waals surface area contributed by atoms with E-state index in [0.717, 1.165) is 17.5 Å². The molecule has 168 valence electrons. The lowest BCUT2D eigenvalue weighted by atomic mass is 10.1. The number of nitrogens with zero attached hydrogens (tertiary/aromatic N) is 1. The quantitative estimate of drug-likeness (QED) is 0.432. The third-order valence-electron chi connectivity index (χ3n) is 5.04. The van der Waals surface area contributed by atoms with E-state index in [1.54, 1.807) is 17.0 Å². The second-order valence-electron chi connectivity index (χ2n) is 7.51. The molecule has 0 aliphatic carbocycles. The van der Waals surface area contributed by atoms with Crippen LogP contribution in [0.25, 0.3) is 0 Å². The Balaban J connectivity index is 2.13. The smallest absolute Gasteiger partial charge is 0.243 e. The second kappa shape index (κ2) is 13.0. The largest absolute Gasteiger partial charge is 0.352 e. The highest BCUT2D eigenvalue weighted by molar-refractivity contribution is 7.99. The van der Waals surface area contributed by atoms with Crippen molar-refractivity contribution in [2.75, 3.05) is 5.75 Å². The van der Waals surface area contributed by atoms with Crippen LogP contribution in [0.3, 0.4) is 0 Å². The van der Waals surface area contributed by atoms with E-state index in [4.69, 9.17) is 23.2 Å². The summed E-state index contributed by atoms with van der Waals surface area (Å²) in [7, 11) is 0. The number of rotatable bonds is 11. The molecule has 2 atom stereocenters. The van der Waals surface area contributed by atoms with E-state index in [0.29, 0.717) is 28.8 Å². The SMILES string of the molecule is CC[C@@H](C)NC(=O)[C@@H](CC)N(Cc1ccc(Cl)cc1)C(=O)CSCc1cccc(Cl)c1. The molecule has 0 heterocycles. The average Bonchev–Trinajstić information content (AvgIpc) is 2.74. The maximum absolute atomic E-state index is 13.2. The summed E-state index contributed by atoms with van der Waals surface area (Å²) in [5.41, 5.74) is 2.00. The van der Waals surface area contributed by atoms with Gasteiger partial charge < -0.3 is 10.2 Å². The summed E-state index contributed by atoms with van der Waals surface area (Å²) in [4.78, 5) is 27.8. The van der Waals surface area contributed by atoms with E-state index in [-0.39, 0.29) is 23.6 Å². The molecule has 0 radical (unpaired) electrons. The van der Waals surface area contributed by atoms with Crippen molar-refractivity contribution in [2.24, 2.45) is 0 Å². The van der Waals surface area contributed by atoms with Crippen molar-refractivity contribution in [3.8, 4) is 0 Å². The first-order valence-corrected chi connectivity index (χ1v) is 12.4. The molecule has 0 aromatic heterocycles. The van der Waals surface area contributed by atoms with Gasteiger partial charge in [0.05, 0.1) is 5.75 Å². The Morgan fingerprint density at radius 1 is 1.00 bits per heavy atom. The summed E-state index contributed by atoms with van der Waals surface area (Å²) in [5, 5.41) is 4.34. The van der Waals surface area contributed by atoms with E-state index < -0.39 is 6.04 Å². The van der Waals surface area contributed by atoms with Crippen LogP contribution in [-0.4, -0.2) is 34.6 Å². The van der Waals surface area contributed by atoms with Gasteiger partial charge in [0, 0.05) is 28.4 Å². The van der Waals surface area contributed by atoms with Gasteiger partial charge in [0.15, 0.2) is 0 Å². The van der Waals surface area contributed by atoms with Crippen molar-refractivity contribution in [3.63, 3.8) is 0 Å². The highest BCUT2D eigenvalue weighted by Gasteiger charge is 2.29. The molecule has 4 nitrogen and oxygen atoms in total. The lowest BCUT2D eigenvalue weighted by molar-refractivity contribution is -0.139. The fourth-order valence-corrected chi connectivity index (χ4v) is 4.31. The van der Waals surface area contributed by atoms with Gasteiger partial charge in [-0.1, -0.05) is 61.3 Å². The molecule has 2 aromatic carbocycles. The predicted octanol–water partition coefficient (Wildman–Crippen LogP) is 5.95. The van der Waals surface area contributed by atoms with Gasteiger partial charge in [0.25, 0.3) is 0 Å². The highest BCUT2D eigenvalue weighted by Crippen LogP contribution is 2.20. The van der Waals surface area contributed by atoms with Gasteiger partial charge in [-0.15, -0.1) is 11.8 Å². The van der Waals surface area contributed by atoms with Gasteiger partial charge in [-0.3, -0.25) is 9.59 Å². The molecule has 1 N–H and O–H groups in total. The summed E-state index contributed by atoms with van der Waals surface area (Å²) in [5.74, 6) is 0.789. The van der Waals surface area contributed by atoms with Crippen LogP contribution in [0.15, 0.2) is 48.5 Å². The monoisotopic (exact) mass is 480 g/mol. The molecule has 0 spiro atoms. The highest BCUT2D eigenvalue weighted by atomic mass is 35.5. The molecule has 2 amide bonds. The third kappa shape index (κ3) is 8.40. The number of amides is 2. The molecule has 2 aromatic rings. The second-order valence-corrected chi connectivity index (χ2v) is 9.37. The minimum absolute atomic E-state index is 0.0613. The molecule has 0 saturated carbocycles. The lowest BCUT2D eigenvalue weighted by Gasteiger charge is -2.31. The van der Waals surface area contributed by atoms with Crippen LogP contribution in [-0.2, 0) is 21.9 Å². The van der Waals surface area contributed by atoms with Crippen LogP contribution >= 0.6 is 35.0 Å². The fourth-order valence-electron chi connectivity index (χ4n) is 3.11. The van der Waals surface area contributed by atoms with E-state index in [1.807, 2.05) is 57.2 Å². The first-order valence-electron chi connectivity index (χ1n) is 10.5. The van der Waals surface area contributed by atoms with Gasteiger partial charge in [-0.05, 0) is 55.2 Å². The summed E-state index contributed by atoms with van der Waals surface area (Å²) < 4.78 is 0. The van der Waals surface area contributed by atoms with Gasteiger partial charge >= 0.3 is 0 Å². The summed E-state index contributed by atoms with van der Waals surface area (Å²) in [6.45, 7) is 6.29. The normalized spacial score (nSPS) is 12.8. The molecule has 0 aliphatic heterocycles. The molecule has 31 heavy (non-hydrogen) atoms. The molecule has 0 bridgehead atoms. The molecular weight excluding hydrogens is 451 g/mol. The average molecular weight is 481 g/mol.